The summed E-state index contributed by atoms with van der Waals surface area (Å²) in [5.41, 5.74) is 11.6. The van der Waals surface area contributed by atoms with E-state index in [9.17, 15) is 14.4 Å². The molecule has 1 fully saturated rings. The van der Waals surface area contributed by atoms with Gasteiger partial charge >= 0.3 is 11.8 Å². The van der Waals surface area contributed by atoms with Crippen LogP contribution in [0.15, 0.2) is 35.7 Å². The number of anilines is 1. The van der Waals surface area contributed by atoms with Crippen LogP contribution in [0.25, 0.3) is 0 Å². The van der Waals surface area contributed by atoms with Crippen LogP contribution in [0.3, 0.4) is 0 Å². The molecule has 0 radical (unpaired) electrons. The summed E-state index contributed by atoms with van der Waals surface area (Å²) >= 11 is 0. The Balaban J connectivity index is 2.16. The molecule has 1 aromatic rings. The van der Waals surface area contributed by atoms with Crippen LogP contribution in [0.2, 0.25) is 0 Å². The maximum atomic E-state index is 12.6. The lowest BCUT2D eigenvalue weighted by Gasteiger charge is -2.35. The molecule has 138 valence electrons. The predicted octanol–water partition coefficient (Wildman–Crippen LogP) is 0.0433. The molecular formula is C17H22N6O3. The normalized spacial score (nSPS) is 18.0. The minimum absolute atomic E-state index is 0.139. The van der Waals surface area contributed by atoms with Crippen molar-refractivity contribution < 1.29 is 14.4 Å². The highest BCUT2D eigenvalue weighted by atomic mass is 16.2. The molecule has 9 heteroatoms. The Kier molecular flexibility index (Phi) is 6.42. The summed E-state index contributed by atoms with van der Waals surface area (Å²) in [5.74, 6) is -2.16. The van der Waals surface area contributed by atoms with E-state index in [0.29, 0.717) is 18.7 Å². The van der Waals surface area contributed by atoms with Gasteiger partial charge in [0.15, 0.2) is 0 Å². The largest absolute Gasteiger partial charge is 0.405 e. The number of primary amides is 1. The third-order valence-corrected chi connectivity index (χ3v) is 4.11. The van der Waals surface area contributed by atoms with Crippen molar-refractivity contribution in [2.75, 3.05) is 18.9 Å². The molecule has 1 aromatic heterocycles. The van der Waals surface area contributed by atoms with Crippen LogP contribution in [-0.4, -0.2) is 53.0 Å². The highest BCUT2D eigenvalue weighted by molar-refractivity contribution is 6.40. The van der Waals surface area contributed by atoms with Gasteiger partial charge in [0.2, 0.25) is 5.91 Å². The topological polar surface area (TPSA) is 144 Å². The number of piperidine rings is 1. The summed E-state index contributed by atoms with van der Waals surface area (Å²) in [5, 5.41) is 2.46. The van der Waals surface area contributed by atoms with Gasteiger partial charge in [-0.25, -0.2) is 0 Å². The first-order chi connectivity index (χ1) is 12.5. The lowest BCUT2D eigenvalue weighted by molar-refractivity contribution is -0.144. The Labute approximate surface area is 151 Å². The number of aromatic nitrogens is 1. The van der Waals surface area contributed by atoms with Gasteiger partial charge in [-0.2, -0.15) is 0 Å². The van der Waals surface area contributed by atoms with Crippen molar-refractivity contribution in [3.63, 3.8) is 0 Å². The third-order valence-electron chi connectivity index (χ3n) is 4.11. The summed E-state index contributed by atoms with van der Waals surface area (Å²) < 4.78 is 0. The lowest BCUT2D eigenvalue weighted by Crippen LogP contribution is -2.51. The van der Waals surface area contributed by atoms with Crippen molar-refractivity contribution in [2.45, 2.75) is 25.3 Å². The van der Waals surface area contributed by atoms with Crippen LogP contribution >= 0.6 is 0 Å². The molecule has 1 saturated heterocycles. The van der Waals surface area contributed by atoms with Crippen LogP contribution in [0.1, 0.15) is 29.6 Å². The SMILES string of the molecule is CN=C(C=CN)[C@@H]1CCCCN1C(=O)C(=O)Nc1cncc(C(N)=O)c1. The number of likely N-dealkylation sites (tertiary alicyclic amines) is 1. The van der Waals surface area contributed by atoms with Crippen molar-refractivity contribution in [3.05, 3.63) is 36.3 Å². The number of hydrogen-bond donors (Lipinski definition) is 3. The molecule has 0 bridgehead atoms. The van der Waals surface area contributed by atoms with E-state index in [2.05, 4.69) is 15.3 Å². The van der Waals surface area contributed by atoms with Crippen molar-refractivity contribution in [1.29, 1.82) is 0 Å². The van der Waals surface area contributed by atoms with Gasteiger partial charge in [-0.1, -0.05) is 0 Å². The molecule has 0 aliphatic carbocycles. The van der Waals surface area contributed by atoms with Gasteiger partial charge in [-0.3, -0.25) is 24.4 Å². The molecule has 0 unspecified atom stereocenters. The van der Waals surface area contributed by atoms with Gasteiger partial charge in [-0.15, -0.1) is 0 Å². The molecule has 0 spiro atoms. The van der Waals surface area contributed by atoms with Crippen LogP contribution < -0.4 is 16.8 Å². The zero-order valence-electron chi connectivity index (χ0n) is 14.5. The molecule has 9 nitrogen and oxygen atoms in total. The first-order valence-corrected chi connectivity index (χ1v) is 8.19. The average molecular weight is 358 g/mol. The molecule has 3 amide bonds. The highest BCUT2D eigenvalue weighted by Crippen LogP contribution is 2.20. The number of pyridine rings is 1. The Morgan fingerprint density at radius 1 is 1.35 bits per heavy atom. The van der Waals surface area contributed by atoms with E-state index in [4.69, 9.17) is 11.5 Å². The smallest absolute Gasteiger partial charge is 0.313 e. The van der Waals surface area contributed by atoms with E-state index in [1.165, 1.54) is 29.6 Å². The van der Waals surface area contributed by atoms with E-state index >= 15 is 0 Å². The molecule has 0 aromatic carbocycles. The number of rotatable bonds is 4. The summed E-state index contributed by atoms with van der Waals surface area (Å²) in [6, 6.07) is 1.06. The third kappa shape index (κ3) is 4.44. The quantitative estimate of drug-likeness (QED) is 0.514. The van der Waals surface area contributed by atoms with Gasteiger partial charge < -0.3 is 21.7 Å². The maximum absolute atomic E-state index is 12.6. The Bertz CT molecular complexity index is 759. The second-order valence-corrected chi connectivity index (χ2v) is 5.80. The van der Waals surface area contributed by atoms with Crippen molar-refractivity contribution in [1.82, 2.24) is 9.88 Å². The van der Waals surface area contributed by atoms with Crippen LogP contribution in [0, 0.1) is 0 Å². The predicted molar refractivity (Wildman–Crippen MR) is 97.4 cm³/mol. The monoisotopic (exact) mass is 358 g/mol. The van der Waals surface area contributed by atoms with E-state index < -0.39 is 17.7 Å². The number of nitrogens with zero attached hydrogens (tertiary/aromatic N) is 3. The number of aliphatic imine (C=N–C) groups is 1. The van der Waals surface area contributed by atoms with Crippen LogP contribution in [0.4, 0.5) is 5.69 Å². The van der Waals surface area contributed by atoms with E-state index in [-0.39, 0.29) is 17.3 Å². The molecule has 2 heterocycles. The second kappa shape index (κ2) is 8.75. The zero-order chi connectivity index (χ0) is 19.1. The number of amides is 3. The fourth-order valence-electron chi connectivity index (χ4n) is 2.87. The zero-order valence-corrected chi connectivity index (χ0v) is 14.5. The Morgan fingerprint density at radius 2 is 2.12 bits per heavy atom. The lowest BCUT2D eigenvalue weighted by atomic mass is 9.97. The molecule has 2 rings (SSSR count). The number of carbonyl (C=O) groups excluding carboxylic acids is 3. The minimum Gasteiger partial charge on any atom is -0.405 e. The molecule has 1 aliphatic heterocycles. The van der Waals surface area contributed by atoms with E-state index in [1.54, 1.807) is 13.1 Å². The number of carbonyl (C=O) groups is 3. The van der Waals surface area contributed by atoms with Crippen molar-refractivity contribution in [2.24, 2.45) is 16.5 Å². The maximum Gasteiger partial charge on any atom is 0.313 e. The summed E-state index contributed by atoms with van der Waals surface area (Å²) in [4.78, 5) is 45.7. The molecule has 1 aliphatic rings. The van der Waals surface area contributed by atoms with Gasteiger partial charge in [-0.05, 0) is 37.6 Å². The van der Waals surface area contributed by atoms with Gasteiger partial charge in [0.25, 0.3) is 0 Å². The van der Waals surface area contributed by atoms with Crippen LogP contribution in [0.5, 0.6) is 0 Å². The fourth-order valence-corrected chi connectivity index (χ4v) is 2.87. The average Bonchev–Trinajstić information content (AvgIpc) is 2.65. The molecular weight excluding hydrogens is 336 g/mol. The first-order valence-electron chi connectivity index (χ1n) is 8.19. The standard InChI is InChI=1S/C17H22N6O3/c1-20-13(5-6-18)14-4-2-3-7-23(14)17(26)16(25)22-12-8-11(15(19)24)9-21-10-12/h5-6,8-10,14H,2-4,7,18H2,1H3,(H2,19,24)(H,22,25)/t14-/m0/s1. The summed E-state index contributed by atoms with van der Waals surface area (Å²) in [6.45, 7) is 0.452. The van der Waals surface area contributed by atoms with Crippen LogP contribution in [-0.2, 0) is 9.59 Å². The molecule has 0 saturated carbocycles. The van der Waals surface area contributed by atoms with E-state index in [1.807, 2.05) is 0 Å². The van der Waals surface area contributed by atoms with Gasteiger partial charge in [0, 0.05) is 19.8 Å². The summed E-state index contributed by atoms with van der Waals surface area (Å²) in [6.07, 6.45) is 8.05. The van der Waals surface area contributed by atoms with Gasteiger partial charge in [0.1, 0.15) is 0 Å². The number of hydrogen-bond acceptors (Lipinski definition) is 6. The van der Waals surface area contributed by atoms with E-state index in [0.717, 1.165) is 12.8 Å². The molecule has 1 atom stereocenters. The minimum atomic E-state index is -0.812. The summed E-state index contributed by atoms with van der Waals surface area (Å²) in [7, 11) is 1.62. The second-order valence-electron chi connectivity index (χ2n) is 5.80. The Hall–Kier alpha value is -3.23. The van der Waals surface area contributed by atoms with Gasteiger partial charge in [0.05, 0.1) is 29.2 Å². The number of nitrogens with two attached hydrogens (primary N) is 2. The molecule has 26 heavy (non-hydrogen) atoms. The first kappa shape index (κ1) is 19.1. The fraction of sp³-hybridized carbons (Fsp3) is 0.353. The Morgan fingerprint density at radius 3 is 2.77 bits per heavy atom. The molecule has 5 N–H and O–H groups in total. The van der Waals surface area contributed by atoms with Crippen molar-refractivity contribution >= 4 is 29.1 Å². The highest BCUT2D eigenvalue weighted by Gasteiger charge is 2.32. The van der Waals surface area contributed by atoms with Crippen molar-refractivity contribution in [3.8, 4) is 0 Å². The number of nitrogens with one attached hydrogen (secondary N) is 1.